The summed E-state index contributed by atoms with van der Waals surface area (Å²) in [6, 6.07) is 24.5. The van der Waals surface area contributed by atoms with Crippen LogP contribution in [0, 0.1) is 11.3 Å². The number of fused-ring (bicyclic) bond motifs is 1. The van der Waals surface area contributed by atoms with Crippen molar-refractivity contribution in [3.63, 3.8) is 0 Å². The van der Waals surface area contributed by atoms with E-state index < -0.39 is 12.1 Å². The van der Waals surface area contributed by atoms with E-state index in [1.54, 1.807) is 0 Å². The van der Waals surface area contributed by atoms with E-state index >= 15 is 0 Å². The molecule has 3 rings (SSSR count). The molecule has 3 aromatic carbocycles. The third-order valence-electron chi connectivity index (χ3n) is 4.76. The van der Waals surface area contributed by atoms with Crippen LogP contribution in [-0.4, -0.2) is 31.1 Å². The molecule has 0 aliphatic carbocycles. The molecule has 0 saturated carbocycles. The van der Waals surface area contributed by atoms with Crippen LogP contribution in [0.4, 0.5) is 4.79 Å². The van der Waals surface area contributed by atoms with Gasteiger partial charge in [0.2, 0.25) is 5.91 Å². The Morgan fingerprint density at radius 1 is 0.867 bits per heavy atom. The number of benzene rings is 3. The van der Waals surface area contributed by atoms with Gasteiger partial charge in [0.05, 0.1) is 6.07 Å². The summed E-state index contributed by atoms with van der Waals surface area (Å²) in [6.45, 7) is 0.350. The Balaban J connectivity index is 1.62. The molecule has 152 valence electrons. The van der Waals surface area contributed by atoms with Crippen molar-refractivity contribution in [2.75, 3.05) is 13.1 Å². The van der Waals surface area contributed by atoms with Gasteiger partial charge in [0.25, 0.3) is 0 Å². The van der Waals surface area contributed by atoms with Crippen molar-refractivity contribution in [3.05, 3.63) is 83.9 Å². The Labute approximate surface area is 175 Å². The standard InChI is InChI=1S/C24H24N4O2/c25-13-15-26-23(29)22(17-19-10-11-20-8-4-5-9-21(20)16-19)28-24(30)27-14-12-18-6-2-1-3-7-18/h1-11,16,22H,12,14-15,17H2,(H,26,29)(H2,27,28,30). The molecular weight excluding hydrogens is 376 g/mol. The van der Waals surface area contributed by atoms with Gasteiger partial charge in [-0.3, -0.25) is 4.79 Å². The zero-order valence-corrected chi connectivity index (χ0v) is 16.6. The molecule has 0 aliphatic heterocycles. The Morgan fingerprint density at radius 2 is 1.60 bits per heavy atom. The molecular formula is C24H24N4O2. The summed E-state index contributed by atoms with van der Waals surface area (Å²) in [5.41, 5.74) is 2.05. The van der Waals surface area contributed by atoms with Crippen LogP contribution in [0.2, 0.25) is 0 Å². The van der Waals surface area contributed by atoms with Crippen LogP contribution in [0.1, 0.15) is 11.1 Å². The Bertz CT molecular complexity index is 1040. The number of urea groups is 1. The topological polar surface area (TPSA) is 94.0 Å². The second-order valence-corrected chi connectivity index (χ2v) is 6.95. The number of amides is 3. The summed E-state index contributed by atoms with van der Waals surface area (Å²) >= 11 is 0. The van der Waals surface area contributed by atoms with Gasteiger partial charge in [-0.05, 0) is 28.3 Å². The SMILES string of the molecule is N#CCNC(=O)C(Cc1ccc2ccccc2c1)NC(=O)NCCc1ccccc1. The fraction of sp³-hybridized carbons (Fsp3) is 0.208. The largest absolute Gasteiger partial charge is 0.341 e. The van der Waals surface area contributed by atoms with E-state index in [-0.39, 0.29) is 12.5 Å². The van der Waals surface area contributed by atoms with Crippen molar-refractivity contribution in [2.24, 2.45) is 0 Å². The molecule has 0 spiro atoms. The quantitative estimate of drug-likeness (QED) is 0.508. The van der Waals surface area contributed by atoms with Gasteiger partial charge in [-0.15, -0.1) is 0 Å². The fourth-order valence-electron chi connectivity index (χ4n) is 3.23. The highest BCUT2D eigenvalue weighted by atomic mass is 16.2. The van der Waals surface area contributed by atoms with Crippen LogP contribution in [0.3, 0.4) is 0 Å². The number of hydrogen-bond acceptors (Lipinski definition) is 3. The molecule has 1 unspecified atom stereocenters. The van der Waals surface area contributed by atoms with E-state index in [1.807, 2.05) is 78.9 Å². The molecule has 0 aromatic heterocycles. The van der Waals surface area contributed by atoms with Crippen molar-refractivity contribution in [2.45, 2.75) is 18.9 Å². The molecule has 0 aliphatic rings. The van der Waals surface area contributed by atoms with Crippen molar-refractivity contribution in [1.29, 1.82) is 5.26 Å². The van der Waals surface area contributed by atoms with Crippen LogP contribution >= 0.6 is 0 Å². The zero-order chi connectivity index (χ0) is 21.2. The van der Waals surface area contributed by atoms with Crippen LogP contribution in [0.5, 0.6) is 0 Å². The maximum absolute atomic E-state index is 12.5. The highest BCUT2D eigenvalue weighted by Gasteiger charge is 2.21. The lowest BCUT2D eigenvalue weighted by Crippen LogP contribution is -2.51. The highest BCUT2D eigenvalue weighted by Crippen LogP contribution is 2.16. The van der Waals surface area contributed by atoms with Gasteiger partial charge in [-0.1, -0.05) is 72.8 Å². The van der Waals surface area contributed by atoms with Crippen molar-refractivity contribution >= 4 is 22.7 Å². The van der Waals surface area contributed by atoms with Gasteiger partial charge in [0.15, 0.2) is 0 Å². The Hall–Kier alpha value is -3.85. The van der Waals surface area contributed by atoms with E-state index in [0.29, 0.717) is 19.4 Å². The third kappa shape index (κ3) is 6.08. The van der Waals surface area contributed by atoms with Crippen molar-refractivity contribution < 1.29 is 9.59 Å². The minimum atomic E-state index is -0.781. The van der Waals surface area contributed by atoms with Gasteiger partial charge in [-0.25, -0.2) is 4.79 Å². The first-order chi connectivity index (χ1) is 14.7. The van der Waals surface area contributed by atoms with Crippen molar-refractivity contribution in [1.82, 2.24) is 16.0 Å². The molecule has 3 amide bonds. The lowest BCUT2D eigenvalue weighted by Gasteiger charge is -2.18. The summed E-state index contributed by atoms with van der Waals surface area (Å²) in [7, 11) is 0. The molecule has 30 heavy (non-hydrogen) atoms. The molecule has 0 heterocycles. The van der Waals surface area contributed by atoms with E-state index in [2.05, 4.69) is 16.0 Å². The zero-order valence-electron chi connectivity index (χ0n) is 16.6. The minimum Gasteiger partial charge on any atom is -0.341 e. The molecule has 0 saturated heterocycles. The molecule has 0 radical (unpaired) electrons. The number of rotatable bonds is 8. The first-order valence-corrected chi connectivity index (χ1v) is 9.86. The van der Waals surface area contributed by atoms with E-state index in [1.165, 1.54) is 0 Å². The number of nitriles is 1. The molecule has 1 atom stereocenters. The lowest BCUT2D eigenvalue weighted by molar-refractivity contribution is -0.122. The first kappa shape index (κ1) is 20.9. The number of carbonyl (C=O) groups excluding carboxylic acids is 2. The number of carbonyl (C=O) groups is 2. The number of nitrogens with one attached hydrogen (secondary N) is 3. The molecule has 0 fully saturated rings. The van der Waals surface area contributed by atoms with Crippen LogP contribution < -0.4 is 16.0 Å². The summed E-state index contributed by atoms with van der Waals surface area (Å²) in [5, 5.41) is 19.0. The predicted octanol–water partition coefficient (Wildman–Crippen LogP) is 2.93. The van der Waals surface area contributed by atoms with Crippen LogP contribution in [0.15, 0.2) is 72.8 Å². The Kier molecular flexibility index (Phi) is 7.39. The third-order valence-corrected chi connectivity index (χ3v) is 4.76. The van der Waals surface area contributed by atoms with E-state index in [4.69, 9.17) is 5.26 Å². The summed E-state index contributed by atoms with van der Waals surface area (Å²) < 4.78 is 0. The molecule has 6 nitrogen and oxygen atoms in total. The highest BCUT2D eigenvalue weighted by molar-refractivity contribution is 5.88. The monoisotopic (exact) mass is 400 g/mol. The van der Waals surface area contributed by atoms with E-state index in [0.717, 1.165) is 21.9 Å². The summed E-state index contributed by atoms with van der Waals surface area (Å²) in [4.78, 5) is 24.9. The summed E-state index contributed by atoms with van der Waals surface area (Å²) in [6.07, 6.45) is 1.03. The average Bonchev–Trinajstić information content (AvgIpc) is 2.77. The second-order valence-electron chi connectivity index (χ2n) is 6.95. The van der Waals surface area contributed by atoms with Crippen molar-refractivity contribution in [3.8, 4) is 6.07 Å². The number of hydrogen-bond donors (Lipinski definition) is 3. The maximum Gasteiger partial charge on any atom is 0.315 e. The van der Waals surface area contributed by atoms with Crippen LogP contribution in [0.25, 0.3) is 10.8 Å². The predicted molar refractivity (Wildman–Crippen MR) is 117 cm³/mol. The second kappa shape index (κ2) is 10.6. The molecule has 0 bridgehead atoms. The smallest absolute Gasteiger partial charge is 0.315 e. The van der Waals surface area contributed by atoms with Gasteiger partial charge in [-0.2, -0.15) is 5.26 Å². The number of nitrogens with zero attached hydrogens (tertiary/aromatic N) is 1. The van der Waals surface area contributed by atoms with Gasteiger partial charge < -0.3 is 16.0 Å². The maximum atomic E-state index is 12.5. The van der Waals surface area contributed by atoms with E-state index in [9.17, 15) is 9.59 Å². The van der Waals surface area contributed by atoms with Gasteiger partial charge >= 0.3 is 6.03 Å². The fourth-order valence-corrected chi connectivity index (χ4v) is 3.23. The molecule has 3 N–H and O–H groups in total. The van der Waals surface area contributed by atoms with Gasteiger partial charge in [0, 0.05) is 13.0 Å². The average molecular weight is 400 g/mol. The lowest BCUT2D eigenvalue weighted by atomic mass is 10.0. The first-order valence-electron chi connectivity index (χ1n) is 9.86. The van der Waals surface area contributed by atoms with Gasteiger partial charge in [0.1, 0.15) is 12.6 Å². The minimum absolute atomic E-state index is 0.107. The normalized spacial score (nSPS) is 11.3. The van der Waals surface area contributed by atoms with Crippen LogP contribution in [-0.2, 0) is 17.6 Å². The summed E-state index contributed by atoms with van der Waals surface area (Å²) in [5.74, 6) is -0.386. The molecule has 3 aromatic rings. The molecule has 6 heteroatoms. The Morgan fingerprint density at radius 3 is 2.37 bits per heavy atom.